The third-order valence-electron chi connectivity index (χ3n) is 3.51. The summed E-state index contributed by atoms with van der Waals surface area (Å²) in [5.41, 5.74) is 1.08. The Hall–Kier alpha value is -1.64. The average Bonchev–Trinajstić information content (AvgIpc) is 2.51. The molecule has 0 rings (SSSR count). The van der Waals surface area contributed by atoms with Crippen molar-refractivity contribution in [2.24, 2.45) is 0 Å². The summed E-state index contributed by atoms with van der Waals surface area (Å²) in [7, 11) is 0. The van der Waals surface area contributed by atoms with Gasteiger partial charge in [0.05, 0.1) is 6.54 Å². The monoisotopic (exact) mass is 305 g/mol. The molecule has 22 heavy (non-hydrogen) atoms. The first-order valence-corrected chi connectivity index (χ1v) is 8.36. The van der Waals surface area contributed by atoms with Crippen molar-refractivity contribution >= 4 is 11.7 Å². The van der Waals surface area contributed by atoms with E-state index in [1.165, 1.54) is 19.3 Å². The van der Waals surface area contributed by atoms with E-state index in [0.29, 0.717) is 12.8 Å². The minimum atomic E-state index is -0.0109. The van der Waals surface area contributed by atoms with Crippen LogP contribution in [0, 0.1) is 0 Å². The van der Waals surface area contributed by atoms with Gasteiger partial charge in [0, 0.05) is 12.8 Å². The number of nitrogens with one attached hydrogen (secondary N) is 1. The van der Waals surface area contributed by atoms with Crippen LogP contribution in [0.3, 0.4) is 0 Å². The van der Waals surface area contributed by atoms with Gasteiger partial charge in [-0.3, -0.25) is 9.59 Å². The second-order valence-electron chi connectivity index (χ2n) is 5.51. The molecule has 0 saturated carbocycles. The summed E-state index contributed by atoms with van der Waals surface area (Å²) < 4.78 is 0. The van der Waals surface area contributed by atoms with Gasteiger partial charge in [0.15, 0.2) is 5.78 Å². The molecule has 0 aromatic rings. The molecule has 124 valence electrons. The van der Waals surface area contributed by atoms with E-state index in [2.05, 4.69) is 25.4 Å². The van der Waals surface area contributed by atoms with Crippen LogP contribution in [0.4, 0.5) is 0 Å². The summed E-state index contributed by atoms with van der Waals surface area (Å²) in [6, 6.07) is 0. The Kier molecular flexibility index (Phi) is 13.2. The van der Waals surface area contributed by atoms with E-state index in [9.17, 15) is 9.59 Å². The molecular weight excluding hydrogens is 274 g/mol. The highest BCUT2D eigenvalue weighted by Gasteiger charge is 2.06. The maximum atomic E-state index is 11.7. The van der Waals surface area contributed by atoms with Crippen molar-refractivity contribution in [1.82, 2.24) is 5.32 Å². The van der Waals surface area contributed by atoms with Crippen molar-refractivity contribution in [3.8, 4) is 0 Å². The van der Waals surface area contributed by atoms with Crippen LogP contribution in [0.5, 0.6) is 0 Å². The second kappa shape index (κ2) is 14.3. The molecule has 1 N–H and O–H groups in total. The zero-order valence-corrected chi connectivity index (χ0v) is 14.0. The zero-order chi connectivity index (χ0) is 16.6. The van der Waals surface area contributed by atoms with Crippen molar-refractivity contribution in [1.29, 1.82) is 0 Å². The largest absolute Gasteiger partial charge is 0.349 e. The number of hydrogen-bond donors (Lipinski definition) is 1. The molecule has 0 saturated heterocycles. The standard InChI is InChI=1S/C19H31NO2/c1-4-7-8-9-10-15-19(22)20-16-18(21)14-11-13-17(6-3)12-5-2/h5-6,12H,2-4,7-11,13-16H2,1H3,(H,20,22)/b17-12+. The molecule has 1 amide bonds. The highest BCUT2D eigenvalue weighted by molar-refractivity contribution is 5.85. The lowest BCUT2D eigenvalue weighted by Crippen LogP contribution is -2.29. The van der Waals surface area contributed by atoms with Gasteiger partial charge in [-0.25, -0.2) is 0 Å². The van der Waals surface area contributed by atoms with Crippen molar-refractivity contribution < 1.29 is 9.59 Å². The van der Waals surface area contributed by atoms with Crippen LogP contribution >= 0.6 is 0 Å². The van der Waals surface area contributed by atoms with E-state index in [1.807, 2.05) is 6.08 Å². The maximum absolute atomic E-state index is 11.7. The highest BCUT2D eigenvalue weighted by Crippen LogP contribution is 2.09. The van der Waals surface area contributed by atoms with Gasteiger partial charge in [-0.2, -0.15) is 0 Å². The van der Waals surface area contributed by atoms with Crippen LogP contribution in [-0.2, 0) is 9.59 Å². The topological polar surface area (TPSA) is 46.2 Å². The molecular formula is C19H31NO2. The number of unbranched alkanes of at least 4 members (excludes halogenated alkanes) is 4. The summed E-state index contributed by atoms with van der Waals surface area (Å²) in [4.78, 5) is 23.3. The Labute approximate surface area is 135 Å². The molecule has 0 aromatic carbocycles. The SMILES string of the molecule is C=C/C=C(\C=C)CCCC(=O)CNC(=O)CCCCCCC. The van der Waals surface area contributed by atoms with Gasteiger partial charge in [0.2, 0.25) is 5.91 Å². The van der Waals surface area contributed by atoms with Gasteiger partial charge < -0.3 is 5.32 Å². The Bertz CT molecular complexity index is 383. The predicted octanol–water partition coefficient (Wildman–Crippen LogP) is 4.50. The summed E-state index contributed by atoms with van der Waals surface area (Å²) in [6.07, 6.45) is 13.6. The van der Waals surface area contributed by atoms with E-state index in [4.69, 9.17) is 0 Å². The molecule has 0 unspecified atom stereocenters. The number of amides is 1. The quantitative estimate of drug-likeness (QED) is 0.379. The molecule has 0 heterocycles. The third-order valence-corrected chi connectivity index (χ3v) is 3.51. The molecule has 0 atom stereocenters. The summed E-state index contributed by atoms with van der Waals surface area (Å²) in [5.74, 6) is 0.0736. The fourth-order valence-corrected chi connectivity index (χ4v) is 2.16. The number of allylic oxidation sites excluding steroid dienone is 4. The van der Waals surface area contributed by atoms with Gasteiger partial charge in [0.1, 0.15) is 0 Å². The molecule has 0 aliphatic heterocycles. The zero-order valence-electron chi connectivity index (χ0n) is 14.0. The molecule has 3 heteroatoms. The fourth-order valence-electron chi connectivity index (χ4n) is 2.16. The van der Waals surface area contributed by atoms with Crippen LogP contribution in [0.2, 0.25) is 0 Å². The van der Waals surface area contributed by atoms with Crippen LogP contribution in [-0.4, -0.2) is 18.2 Å². The maximum Gasteiger partial charge on any atom is 0.220 e. The van der Waals surface area contributed by atoms with E-state index >= 15 is 0 Å². The number of Topliss-reactive ketones (excluding diaryl/α,β-unsaturated/α-hetero) is 1. The molecule has 0 aromatic heterocycles. The Morgan fingerprint density at radius 2 is 1.68 bits per heavy atom. The minimum Gasteiger partial charge on any atom is -0.349 e. The van der Waals surface area contributed by atoms with Crippen molar-refractivity contribution in [2.45, 2.75) is 64.7 Å². The molecule has 0 bridgehead atoms. The number of carbonyl (C=O) groups excluding carboxylic acids is 2. The first kappa shape index (κ1) is 20.4. The molecule has 0 aliphatic rings. The number of carbonyl (C=O) groups is 2. The van der Waals surface area contributed by atoms with Crippen molar-refractivity contribution in [3.63, 3.8) is 0 Å². The molecule has 0 radical (unpaired) electrons. The van der Waals surface area contributed by atoms with Crippen LogP contribution in [0.25, 0.3) is 0 Å². The normalized spacial score (nSPS) is 11.0. The van der Waals surface area contributed by atoms with Crippen LogP contribution in [0.15, 0.2) is 37.0 Å². The fraction of sp³-hybridized carbons (Fsp3) is 0.579. The summed E-state index contributed by atoms with van der Waals surface area (Å²) in [6.45, 7) is 9.69. The minimum absolute atomic E-state index is 0.0109. The van der Waals surface area contributed by atoms with Crippen molar-refractivity contribution in [2.75, 3.05) is 6.54 Å². The van der Waals surface area contributed by atoms with Gasteiger partial charge in [-0.05, 0) is 24.8 Å². The lowest BCUT2D eigenvalue weighted by Gasteiger charge is -2.05. The second-order valence-corrected chi connectivity index (χ2v) is 5.51. The smallest absolute Gasteiger partial charge is 0.220 e. The van der Waals surface area contributed by atoms with E-state index in [0.717, 1.165) is 31.3 Å². The number of ketones is 1. The lowest BCUT2D eigenvalue weighted by atomic mass is 10.1. The summed E-state index contributed by atoms with van der Waals surface area (Å²) in [5, 5.41) is 2.71. The molecule has 0 spiro atoms. The number of rotatable bonds is 14. The Balaban J connectivity index is 3.67. The first-order valence-electron chi connectivity index (χ1n) is 8.36. The van der Waals surface area contributed by atoms with Gasteiger partial charge in [-0.1, -0.05) is 64.0 Å². The molecule has 3 nitrogen and oxygen atoms in total. The predicted molar refractivity (Wildman–Crippen MR) is 93.7 cm³/mol. The van der Waals surface area contributed by atoms with Gasteiger partial charge in [-0.15, -0.1) is 0 Å². The first-order chi connectivity index (χ1) is 10.6. The molecule has 0 fully saturated rings. The van der Waals surface area contributed by atoms with Gasteiger partial charge >= 0.3 is 0 Å². The van der Waals surface area contributed by atoms with Gasteiger partial charge in [0.25, 0.3) is 0 Å². The third kappa shape index (κ3) is 12.1. The highest BCUT2D eigenvalue weighted by atomic mass is 16.2. The Morgan fingerprint density at radius 1 is 0.955 bits per heavy atom. The van der Waals surface area contributed by atoms with E-state index in [1.54, 1.807) is 12.2 Å². The molecule has 0 aliphatic carbocycles. The summed E-state index contributed by atoms with van der Waals surface area (Å²) >= 11 is 0. The van der Waals surface area contributed by atoms with Crippen LogP contribution < -0.4 is 5.32 Å². The van der Waals surface area contributed by atoms with Crippen LogP contribution in [0.1, 0.15) is 64.7 Å². The van der Waals surface area contributed by atoms with E-state index < -0.39 is 0 Å². The average molecular weight is 305 g/mol. The van der Waals surface area contributed by atoms with E-state index in [-0.39, 0.29) is 18.2 Å². The lowest BCUT2D eigenvalue weighted by molar-refractivity contribution is -0.125. The van der Waals surface area contributed by atoms with Crippen molar-refractivity contribution in [3.05, 3.63) is 37.0 Å². The Morgan fingerprint density at radius 3 is 2.32 bits per heavy atom. The number of hydrogen-bond acceptors (Lipinski definition) is 2.